The molecule has 0 radical (unpaired) electrons. The van der Waals surface area contributed by atoms with Crippen molar-refractivity contribution in [2.75, 3.05) is 14.1 Å². The van der Waals surface area contributed by atoms with E-state index in [-0.39, 0.29) is 71.8 Å². The Balaban J connectivity index is 0. The maximum absolute atomic E-state index is 2.45. The summed E-state index contributed by atoms with van der Waals surface area (Å²) < 4.78 is 0. The normalized spacial score (nSPS) is 25.2. The Kier molecular flexibility index (Phi) is 32.1. The Labute approximate surface area is 346 Å². The molecule has 0 aromatic heterocycles. The van der Waals surface area contributed by atoms with E-state index in [1.165, 1.54) is 107 Å². The van der Waals surface area contributed by atoms with Crippen LogP contribution in [0.2, 0.25) is 0 Å². The van der Waals surface area contributed by atoms with Crippen LogP contribution in [0.1, 0.15) is 174 Å². The largest absolute Gasteiger partial charge is 2.00 e. The Hall–Kier alpha value is 1.08. The van der Waals surface area contributed by atoms with E-state index in [1.807, 2.05) is 0 Å². The summed E-state index contributed by atoms with van der Waals surface area (Å²) in [6, 6.07) is 12.3. The number of benzene rings is 1. The van der Waals surface area contributed by atoms with Crippen LogP contribution >= 0.6 is 15.8 Å². The predicted octanol–water partition coefficient (Wildman–Crippen LogP) is 14.7. The second-order valence-electron chi connectivity index (χ2n) is 16.3. The van der Waals surface area contributed by atoms with Gasteiger partial charge in [-0.2, -0.15) is 0 Å². The first-order chi connectivity index (χ1) is 22.1. The molecule has 300 valence electrons. The van der Waals surface area contributed by atoms with Gasteiger partial charge < -0.3 is 34.6 Å². The summed E-state index contributed by atoms with van der Waals surface area (Å²) in [5.41, 5.74) is 5.54. The summed E-state index contributed by atoms with van der Waals surface area (Å²) in [5.74, 6) is 0.905. The molecule has 6 aliphatic carbocycles. The van der Waals surface area contributed by atoms with Crippen LogP contribution in [0.15, 0.2) is 30.3 Å². The fourth-order valence-corrected chi connectivity index (χ4v) is 19.2. The van der Waals surface area contributed by atoms with E-state index in [1.54, 1.807) is 82.4 Å². The van der Waals surface area contributed by atoms with Crippen molar-refractivity contribution in [1.82, 2.24) is 4.90 Å². The van der Waals surface area contributed by atoms with Gasteiger partial charge in [-0.25, -0.2) is 0 Å². The van der Waals surface area contributed by atoms with Crippen molar-refractivity contribution in [2.45, 2.75) is 208 Å². The second kappa shape index (κ2) is 30.2. The van der Waals surface area contributed by atoms with Crippen LogP contribution in [0.4, 0.5) is 0 Å². The SMILES string of the molecule is C1CCC(P(C2CCCCC2)C2CCCC2)CC1.C1CCCC1.C[C@@H](C1CCCC1[P@@](c1ccccc1)C1CCCC1)N(C)C.[CH3-].[CH3-].[CH3-].[CH3-].[Fe+2].[Fe+2]. The van der Waals surface area contributed by atoms with Crippen molar-refractivity contribution in [2.24, 2.45) is 5.92 Å². The van der Waals surface area contributed by atoms with Crippen molar-refractivity contribution >= 4 is 21.1 Å². The molecule has 0 amide bonds. The van der Waals surface area contributed by atoms with Crippen molar-refractivity contribution in [3.05, 3.63) is 60.0 Å². The number of rotatable bonds is 8. The molecular weight excluding hydrogens is 740 g/mol. The van der Waals surface area contributed by atoms with Crippen LogP contribution in [0.5, 0.6) is 0 Å². The van der Waals surface area contributed by atoms with Gasteiger partial charge in [-0.3, -0.25) is 0 Å². The van der Waals surface area contributed by atoms with Gasteiger partial charge in [0.15, 0.2) is 0 Å². The fraction of sp³-hybridized carbons (Fsp3) is 0.783. The minimum Gasteiger partial charge on any atom is -0.358 e. The van der Waals surface area contributed by atoms with Gasteiger partial charge in [0.05, 0.1) is 0 Å². The van der Waals surface area contributed by atoms with E-state index in [2.05, 4.69) is 56.3 Å². The van der Waals surface area contributed by atoms with Gasteiger partial charge in [0.2, 0.25) is 0 Å². The molecule has 1 nitrogen and oxygen atoms in total. The maximum atomic E-state index is 2.45. The molecule has 1 aromatic rings. The van der Waals surface area contributed by atoms with Crippen molar-refractivity contribution in [3.8, 4) is 0 Å². The van der Waals surface area contributed by atoms with Crippen LogP contribution in [0.25, 0.3) is 0 Å². The molecule has 5 heteroatoms. The van der Waals surface area contributed by atoms with E-state index in [9.17, 15) is 0 Å². The summed E-state index contributed by atoms with van der Waals surface area (Å²) in [7, 11) is 4.95. The molecule has 7 rings (SSSR count). The van der Waals surface area contributed by atoms with Gasteiger partial charge in [0.1, 0.15) is 0 Å². The molecule has 6 fully saturated rings. The van der Waals surface area contributed by atoms with Crippen LogP contribution in [0.3, 0.4) is 0 Å². The minimum atomic E-state index is 0. The smallest absolute Gasteiger partial charge is 0.358 e. The van der Waals surface area contributed by atoms with Gasteiger partial charge >= 0.3 is 34.1 Å². The molecule has 4 atom stereocenters. The van der Waals surface area contributed by atoms with Crippen LogP contribution in [-0.2, 0) is 34.1 Å². The Bertz CT molecular complexity index is 877. The van der Waals surface area contributed by atoms with Crippen LogP contribution in [-0.4, -0.2) is 53.3 Å². The summed E-state index contributed by atoms with van der Waals surface area (Å²) in [6.45, 7) is 2.45. The first-order valence-electron chi connectivity index (χ1n) is 20.4. The quantitative estimate of drug-likeness (QED) is 0.143. The predicted molar refractivity (Wildman–Crippen MR) is 231 cm³/mol. The third kappa shape index (κ3) is 16.6. The minimum absolute atomic E-state index is 0. The molecule has 2 unspecified atom stereocenters. The summed E-state index contributed by atoms with van der Waals surface area (Å²) in [4.78, 5) is 2.45. The Morgan fingerprint density at radius 2 is 0.824 bits per heavy atom. The average molecular weight is 826 g/mol. The summed E-state index contributed by atoms with van der Waals surface area (Å²) in [5, 5.41) is 1.69. The number of hydrogen-bond acceptors (Lipinski definition) is 1. The van der Waals surface area contributed by atoms with Crippen LogP contribution < -0.4 is 5.30 Å². The molecule has 0 spiro atoms. The van der Waals surface area contributed by atoms with Gasteiger partial charge in [0, 0.05) is 6.04 Å². The third-order valence-corrected chi connectivity index (χ3v) is 20.7. The zero-order chi connectivity index (χ0) is 31.3. The molecule has 6 saturated carbocycles. The first kappa shape index (κ1) is 54.2. The van der Waals surface area contributed by atoms with Gasteiger partial charge in [-0.1, -0.05) is 149 Å². The van der Waals surface area contributed by atoms with Gasteiger partial charge in [-0.05, 0) is 125 Å². The zero-order valence-electron chi connectivity index (χ0n) is 34.9. The van der Waals surface area contributed by atoms with Crippen LogP contribution in [0, 0.1) is 35.6 Å². The first-order valence-corrected chi connectivity index (χ1v) is 23.4. The third-order valence-electron chi connectivity index (χ3n) is 13.1. The molecule has 0 saturated heterocycles. The Morgan fingerprint density at radius 1 is 0.471 bits per heavy atom. The van der Waals surface area contributed by atoms with E-state index in [4.69, 9.17) is 0 Å². The average Bonchev–Trinajstić information content (AvgIpc) is 3.93. The van der Waals surface area contributed by atoms with E-state index >= 15 is 0 Å². The van der Waals surface area contributed by atoms with Crippen molar-refractivity contribution < 1.29 is 34.1 Å². The van der Waals surface area contributed by atoms with E-state index in [0.717, 1.165) is 23.3 Å². The standard InChI is InChI=1S/C20H32NP.C17H31P.C5H10.4CH3.2Fe/c1-16(21(2)3)19-14-9-15-20(19)22(18-12-7-8-13-18)17-10-5-4-6-11-17;1-3-9-15(10-4-1)18(17-13-7-8-14-17)16-11-5-2-6-12-16;1-2-4-5-3-1;;;;;;/h4-6,10-11,16,18-20H,7-9,12-15H2,1-3H3;15-17H,1-14H2;1-5H2;4*1H3;;/q;;;4*-1;2*+2/t16-,19?,20?,22-;;;;;;;;/m0......../s1. The zero-order valence-corrected chi connectivity index (χ0v) is 38.9. The molecule has 0 N–H and O–H groups in total. The number of hydrogen-bond donors (Lipinski definition) is 0. The molecule has 1 aromatic carbocycles. The summed E-state index contributed by atoms with van der Waals surface area (Å²) in [6.07, 6.45) is 39.9. The van der Waals surface area contributed by atoms with Gasteiger partial charge in [-0.15, -0.1) is 0 Å². The van der Waals surface area contributed by atoms with Crippen molar-refractivity contribution in [3.63, 3.8) is 0 Å². The Morgan fingerprint density at radius 3 is 1.22 bits per heavy atom. The number of nitrogens with zero attached hydrogens (tertiary/aromatic N) is 1. The summed E-state index contributed by atoms with van der Waals surface area (Å²) >= 11 is 0. The fourth-order valence-electron chi connectivity index (χ4n) is 10.5. The molecule has 0 bridgehead atoms. The molecule has 0 aliphatic heterocycles. The van der Waals surface area contributed by atoms with E-state index in [0.29, 0.717) is 7.92 Å². The monoisotopic (exact) mass is 825 g/mol. The molecule has 51 heavy (non-hydrogen) atoms. The topological polar surface area (TPSA) is 3.24 Å². The molecular formula is C46H85Fe2NP2. The van der Waals surface area contributed by atoms with Gasteiger partial charge in [0.25, 0.3) is 0 Å². The van der Waals surface area contributed by atoms with E-state index < -0.39 is 0 Å². The van der Waals surface area contributed by atoms with Crippen molar-refractivity contribution in [1.29, 1.82) is 0 Å². The second-order valence-corrected chi connectivity index (χ2v) is 22.1. The molecule has 0 heterocycles. The maximum Gasteiger partial charge on any atom is 2.00 e. The molecule has 6 aliphatic rings.